The van der Waals surface area contributed by atoms with E-state index in [-0.39, 0.29) is 5.69 Å². The summed E-state index contributed by atoms with van der Waals surface area (Å²) >= 11 is 0. The van der Waals surface area contributed by atoms with Crippen LogP contribution < -0.4 is 0 Å². The third kappa shape index (κ3) is 1.91. The zero-order valence-electron chi connectivity index (χ0n) is 8.73. The predicted molar refractivity (Wildman–Crippen MR) is 59.0 cm³/mol. The minimum Gasteiger partial charge on any atom is -0.335 e. The molecule has 0 saturated carbocycles. The van der Waals surface area contributed by atoms with Crippen molar-refractivity contribution in [2.24, 2.45) is 0 Å². The molecule has 2 aromatic rings. The summed E-state index contributed by atoms with van der Waals surface area (Å²) in [5.74, 6) is -0.455. The van der Waals surface area contributed by atoms with Crippen LogP contribution >= 0.6 is 0 Å². The summed E-state index contributed by atoms with van der Waals surface area (Å²) in [6.07, 6.45) is 1.38. The van der Waals surface area contributed by atoms with Crippen molar-refractivity contribution in [2.75, 3.05) is 0 Å². The molecule has 0 aliphatic rings. The lowest BCUT2D eigenvalue weighted by molar-refractivity contribution is -0.113. The van der Waals surface area contributed by atoms with Gasteiger partial charge in [-0.2, -0.15) is 0 Å². The Morgan fingerprint density at radius 1 is 1.19 bits per heavy atom. The van der Waals surface area contributed by atoms with Crippen LogP contribution in [0.2, 0.25) is 0 Å². The van der Waals surface area contributed by atoms with Gasteiger partial charge < -0.3 is 4.98 Å². The van der Waals surface area contributed by atoms with Crippen molar-refractivity contribution in [1.29, 1.82) is 0 Å². The fourth-order valence-corrected chi connectivity index (χ4v) is 1.37. The highest BCUT2D eigenvalue weighted by Gasteiger charge is 2.14. The second-order valence-electron chi connectivity index (χ2n) is 3.40. The molecular weight excluding hydrogens is 204 g/mol. The first-order valence-corrected chi connectivity index (χ1v) is 4.84. The van der Waals surface area contributed by atoms with E-state index in [1.165, 1.54) is 13.1 Å². The molecule has 2 rings (SSSR count). The standard InChI is InChI=1S/C12H10N2O2/c1-8(15)11(16)10-7-13-12(14-10)9-5-3-2-4-6-9/h2-7H,1H3,(H,13,14). The van der Waals surface area contributed by atoms with Gasteiger partial charge in [0, 0.05) is 12.5 Å². The minimum atomic E-state index is -0.547. The molecule has 1 aromatic heterocycles. The molecule has 1 N–H and O–H groups in total. The molecule has 0 unspecified atom stereocenters. The number of aromatic amines is 1. The van der Waals surface area contributed by atoms with E-state index in [4.69, 9.17) is 0 Å². The molecule has 0 aliphatic carbocycles. The van der Waals surface area contributed by atoms with E-state index in [0.29, 0.717) is 5.82 Å². The summed E-state index contributed by atoms with van der Waals surface area (Å²) in [5.41, 5.74) is 1.11. The topological polar surface area (TPSA) is 62.8 Å². The number of Topliss-reactive ketones (excluding diaryl/α,β-unsaturated/α-hetero) is 2. The SMILES string of the molecule is CC(=O)C(=O)c1cnc(-c2ccccc2)[nH]1. The van der Waals surface area contributed by atoms with Crippen LogP contribution in [0, 0.1) is 0 Å². The Hall–Kier alpha value is -2.23. The molecule has 0 bridgehead atoms. The summed E-state index contributed by atoms with van der Waals surface area (Å²) in [4.78, 5) is 29.2. The summed E-state index contributed by atoms with van der Waals surface area (Å²) in [6.45, 7) is 1.24. The van der Waals surface area contributed by atoms with Crippen LogP contribution in [0.25, 0.3) is 11.4 Å². The number of imidazole rings is 1. The Labute approximate surface area is 92.3 Å². The zero-order valence-corrected chi connectivity index (χ0v) is 8.73. The van der Waals surface area contributed by atoms with Crippen LogP contribution in [0.1, 0.15) is 17.4 Å². The number of benzene rings is 1. The van der Waals surface area contributed by atoms with Gasteiger partial charge in [-0.3, -0.25) is 9.59 Å². The number of H-pyrrole nitrogens is 1. The van der Waals surface area contributed by atoms with Crippen LogP contribution in [-0.2, 0) is 4.79 Å². The van der Waals surface area contributed by atoms with Gasteiger partial charge in [-0.25, -0.2) is 4.98 Å². The third-order valence-electron chi connectivity index (χ3n) is 2.19. The van der Waals surface area contributed by atoms with E-state index < -0.39 is 11.6 Å². The molecule has 4 nitrogen and oxygen atoms in total. The number of aromatic nitrogens is 2. The maximum absolute atomic E-state index is 11.4. The Bertz CT molecular complexity index is 529. The lowest BCUT2D eigenvalue weighted by Gasteiger charge is -1.94. The molecule has 0 aliphatic heterocycles. The zero-order chi connectivity index (χ0) is 11.5. The predicted octanol–water partition coefficient (Wildman–Crippen LogP) is 1.85. The molecule has 0 atom stereocenters. The smallest absolute Gasteiger partial charge is 0.246 e. The normalized spacial score (nSPS) is 10.1. The van der Waals surface area contributed by atoms with Crippen LogP contribution in [0.15, 0.2) is 36.5 Å². The van der Waals surface area contributed by atoms with E-state index in [2.05, 4.69) is 9.97 Å². The monoisotopic (exact) mass is 214 g/mol. The molecular formula is C12H10N2O2. The molecule has 0 spiro atoms. The van der Waals surface area contributed by atoms with E-state index in [9.17, 15) is 9.59 Å². The maximum Gasteiger partial charge on any atom is 0.246 e. The van der Waals surface area contributed by atoms with Crippen LogP contribution in [0.4, 0.5) is 0 Å². The van der Waals surface area contributed by atoms with Gasteiger partial charge in [0.05, 0.1) is 6.20 Å². The molecule has 1 aromatic carbocycles. The third-order valence-corrected chi connectivity index (χ3v) is 2.19. The van der Waals surface area contributed by atoms with E-state index in [1.54, 1.807) is 0 Å². The first kappa shape index (κ1) is 10.3. The average molecular weight is 214 g/mol. The highest BCUT2D eigenvalue weighted by Crippen LogP contribution is 2.14. The van der Waals surface area contributed by atoms with E-state index >= 15 is 0 Å². The van der Waals surface area contributed by atoms with Crippen molar-refractivity contribution in [3.8, 4) is 11.4 Å². The van der Waals surface area contributed by atoms with Gasteiger partial charge >= 0.3 is 0 Å². The molecule has 0 saturated heterocycles. The molecule has 16 heavy (non-hydrogen) atoms. The van der Waals surface area contributed by atoms with Crippen molar-refractivity contribution in [3.63, 3.8) is 0 Å². The van der Waals surface area contributed by atoms with Crippen molar-refractivity contribution in [3.05, 3.63) is 42.2 Å². The minimum absolute atomic E-state index is 0.228. The van der Waals surface area contributed by atoms with Gasteiger partial charge in [0.25, 0.3) is 0 Å². The van der Waals surface area contributed by atoms with E-state index in [0.717, 1.165) is 5.56 Å². The molecule has 4 heteroatoms. The molecule has 0 amide bonds. The highest BCUT2D eigenvalue weighted by atomic mass is 16.2. The Morgan fingerprint density at radius 3 is 2.50 bits per heavy atom. The summed E-state index contributed by atoms with van der Waals surface area (Å²) in [5, 5.41) is 0. The Morgan fingerprint density at radius 2 is 1.88 bits per heavy atom. The van der Waals surface area contributed by atoms with Crippen LogP contribution in [-0.4, -0.2) is 21.5 Å². The molecule has 1 heterocycles. The van der Waals surface area contributed by atoms with Gasteiger partial charge in [0.2, 0.25) is 11.6 Å². The van der Waals surface area contributed by atoms with Gasteiger partial charge in [0.1, 0.15) is 11.5 Å². The summed E-state index contributed by atoms with van der Waals surface area (Å²) in [6, 6.07) is 9.41. The van der Waals surface area contributed by atoms with Gasteiger partial charge in [-0.15, -0.1) is 0 Å². The summed E-state index contributed by atoms with van der Waals surface area (Å²) in [7, 11) is 0. The fourth-order valence-electron chi connectivity index (χ4n) is 1.37. The molecule has 80 valence electrons. The van der Waals surface area contributed by atoms with Gasteiger partial charge in [0.15, 0.2) is 0 Å². The van der Waals surface area contributed by atoms with Gasteiger partial charge in [-0.1, -0.05) is 30.3 Å². The number of rotatable bonds is 3. The fraction of sp³-hybridized carbons (Fsp3) is 0.0833. The number of hydrogen-bond donors (Lipinski definition) is 1. The lowest BCUT2D eigenvalue weighted by atomic mass is 10.2. The Balaban J connectivity index is 2.34. The Kier molecular flexibility index (Phi) is 2.64. The second kappa shape index (κ2) is 4.10. The average Bonchev–Trinajstić information content (AvgIpc) is 2.78. The highest BCUT2D eigenvalue weighted by molar-refractivity contribution is 6.42. The quantitative estimate of drug-likeness (QED) is 0.626. The van der Waals surface area contributed by atoms with E-state index in [1.807, 2.05) is 30.3 Å². The first-order chi connectivity index (χ1) is 7.68. The number of ketones is 2. The number of hydrogen-bond acceptors (Lipinski definition) is 3. The number of carbonyl (C=O) groups is 2. The maximum atomic E-state index is 11.4. The lowest BCUT2D eigenvalue weighted by Crippen LogP contribution is -2.09. The van der Waals surface area contributed by atoms with Crippen molar-refractivity contribution < 1.29 is 9.59 Å². The largest absolute Gasteiger partial charge is 0.335 e. The van der Waals surface area contributed by atoms with Crippen LogP contribution in [0.3, 0.4) is 0 Å². The van der Waals surface area contributed by atoms with Crippen LogP contribution in [0.5, 0.6) is 0 Å². The summed E-state index contributed by atoms with van der Waals surface area (Å²) < 4.78 is 0. The first-order valence-electron chi connectivity index (χ1n) is 4.84. The van der Waals surface area contributed by atoms with Gasteiger partial charge in [-0.05, 0) is 0 Å². The number of nitrogens with one attached hydrogen (secondary N) is 1. The number of nitrogens with zero attached hydrogens (tertiary/aromatic N) is 1. The molecule has 0 fully saturated rings. The van der Waals surface area contributed by atoms with Crippen molar-refractivity contribution >= 4 is 11.6 Å². The van der Waals surface area contributed by atoms with Crippen molar-refractivity contribution in [1.82, 2.24) is 9.97 Å². The number of carbonyl (C=O) groups excluding carboxylic acids is 2. The van der Waals surface area contributed by atoms with Crippen molar-refractivity contribution in [2.45, 2.75) is 6.92 Å². The second-order valence-corrected chi connectivity index (χ2v) is 3.40. The molecule has 0 radical (unpaired) electrons.